The number of carbonyl (C=O) groups is 4. The molecule has 0 aliphatic carbocycles. The fraction of sp³-hybridized carbons (Fsp3) is 0.405. The number of phenols is 1. The van der Waals surface area contributed by atoms with Crippen LogP contribution in [0.1, 0.15) is 182 Å². The van der Waals surface area contributed by atoms with Gasteiger partial charge in [-0.2, -0.15) is 0 Å². The number of unbranched alkanes of at least 4 members (excludes halogenated alkanes) is 7. The second-order valence-corrected chi connectivity index (χ2v) is 28.9. The molecule has 0 fully saturated rings. The lowest BCUT2D eigenvalue weighted by Crippen LogP contribution is -2.45. The number of benzene rings is 4. The van der Waals surface area contributed by atoms with Crippen molar-refractivity contribution < 1.29 is 38.5 Å². The van der Waals surface area contributed by atoms with Gasteiger partial charge in [-0.1, -0.05) is 166 Å². The van der Waals surface area contributed by atoms with E-state index in [-0.39, 0.29) is 41.2 Å². The zero-order valence-electron chi connectivity index (χ0n) is 54.7. The molecule has 14 nitrogen and oxygen atoms in total. The van der Waals surface area contributed by atoms with Gasteiger partial charge in [-0.05, 0) is 130 Å². The maximum Gasteiger partial charge on any atom is 0.329 e. The average Bonchev–Trinajstić information content (AvgIpc) is 1.53. The minimum atomic E-state index is -0.849. The van der Waals surface area contributed by atoms with E-state index in [1.165, 1.54) is 67.6 Å². The van der Waals surface area contributed by atoms with Gasteiger partial charge in [-0.15, -0.1) is 22.7 Å². The summed E-state index contributed by atoms with van der Waals surface area (Å²) in [5, 5.41) is 15.3. The number of thiophene rings is 2. The van der Waals surface area contributed by atoms with Crippen LogP contribution in [0, 0.1) is 0 Å². The maximum atomic E-state index is 13.2. The number of amides is 2. The lowest BCUT2D eigenvalue weighted by molar-refractivity contribution is -0.158. The Morgan fingerprint density at radius 1 is 0.444 bits per heavy atom. The number of nitrogens with one attached hydrogen (secondary N) is 2. The van der Waals surface area contributed by atoms with E-state index in [9.17, 15) is 24.3 Å². The van der Waals surface area contributed by atoms with Gasteiger partial charge >= 0.3 is 11.9 Å². The molecule has 4 heterocycles. The number of hydrogen-bond donors (Lipinski definition) is 3. The number of carbonyl (C=O) groups excluding carboxylic acids is 4. The van der Waals surface area contributed by atoms with Gasteiger partial charge in [0, 0.05) is 69.6 Å². The minimum Gasteiger partial charge on any atom is -0.508 e. The molecule has 4 aromatic heterocycles. The van der Waals surface area contributed by atoms with Crippen LogP contribution >= 0.6 is 22.7 Å². The van der Waals surface area contributed by atoms with Crippen LogP contribution in [0.15, 0.2) is 146 Å². The number of esters is 2. The fourth-order valence-electron chi connectivity index (χ4n) is 9.44. The molecule has 4 aromatic carbocycles. The van der Waals surface area contributed by atoms with Gasteiger partial charge < -0.3 is 30.0 Å². The third-order valence-electron chi connectivity index (χ3n) is 14.4. The summed E-state index contributed by atoms with van der Waals surface area (Å²) < 4.78 is 17.3. The van der Waals surface area contributed by atoms with Crippen molar-refractivity contribution in [1.82, 2.24) is 30.6 Å². The van der Waals surface area contributed by atoms with Crippen molar-refractivity contribution in [3.05, 3.63) is 177 Å². The van der Waals surface area contributed by atoms with E-state index in [0.717, 1.165) is 73.0 Å². The van der Waals surface area contributed by atoms with Crippen LogP contribution < -0.4 is 15.4 Å². The number of rotatable bonds is 24. The second kappa shape index (κ2) is 31.6. The first-order valence-electron chi connectivity index (χ1n) is 31.2. The number of aromatic nitrogens is 4. The Balaban J connectivity index is 0.000000262. The molecule has 0 unspecified atom stereocenters. The smallest absolute Gasteiger partial charge is 0.329 e. The summed E-state index contributed by atoms with van der Waals surface area (Å²) in [6, 6.07) is 36.1. The summed E-state index contributed by atoms with van der Waals surface area (Å²) in [6.45, 7) is 26.5. The number of hydrogen-bond acceptors (Lipinski definition) is 14. The zero-order chi connectivity index (χ0) is 65.2. The molecule has 8 aromatic rings. The number of nitrogens with zero attached hydrogens (tertiary/aromatic N) is 4. The summed E-state index contributed by atoms with van der Waals surface area (Å²) in [5.74, 6) is 0.728. The van der Waals surface area contributed by atoms with Gasteiger partial charge in [0.15, 0.2) is 11.6 Å². The summed E-state index contributed by atoms with van der Waals surface area (Å²) in [7, 11) is 0. The number of aromatic hydroxyl groups is 1. The quantitative estimate of drug-likeness (QED) is 0.0384. The SMILES string of the molecule is CC(C)(C)OC(=O)[C@H](Cc1ccc(-c2ncc(-c3ccc(O)cc3)cn2)cc1)NC(=O)c1ccc(C(C)(C)C)s1.CCCCCCCCCCOc1ccc(-c2cnc(-c3ccc(C[C@H](NC(=O)c4ccc(C(C)(C)C)s4)C(=O)OC(C)(C)C)cc3)nc2)cc1. The monoisotopic (exact) mass is 1250 g/mol. The maximum absolute atomic E-state index is 13.2. The van der Waals surface area contributed by atoms with E-state index < -0.39 is 35.2 Å². The van der Waals surface area contributed by atoms with Crippen LogP contribution in [0.3, 0.4) is 0 Å². The normalized spacial score (nSPS) is 12.5. The van der Waals surface area contributed by atoms with Gasteiger partial charge in [0.05, 0.1) is 16.4 Å². The van der Waals surface area contributed by atoms with Gasteiger partial charge in [0.2, 0.25) is 0 Å². The first kappa shape index (κ1) is 69.4. The predicted molar refractivity (Wildman–Crippen MR) is 363 cm³/mol. The number of phenolic OH excluding ortho intramolecular Hbond substituents is 1. The van der Waals surface area contributed by atoms with Crippen molar-refractivity contribution in [2.24, 2.45) is 0 Å². The Hall–Kier alpha value is -8.08. The lowest BCUT2D eigenvalue weighted by atomic mass is 9.95. The first-order valence-corrected chi connectivity index (χ1v) is 32.9. The largest absolute Gasteiger partial charge is 0.508 e. The summed E-state index contributed by atoms with van der Waals surface area (Å²) in [5.41, 5.74) is 5.64. The minimum absolute atomic E-state index is 0.0630. The summed E-state index contributed by atoms with van der Waals surface area (Å²) >= 11 is 2.88. The fourth-order valence-corrected chi connectivity index (χ4v) is 11.4. The molecule has 16 heteroatoms. The molecule has 0 bridgehead atoms. The van der Waals surface area contributed by atoms with Crippen molar-refractivity contribution in [3.63, 3.8) is 0 Å². The van der Waals surface area contributed by atoms with Gasteiger partial charge in [-0.3, -0.25) is 9.59 Å². The highest BCUT2D eigenvalue weighted by Gasteiger charge is 2.31. The molecule has 3 N–H and O–H groups in total. The third-order valence-corrected chi connectivity index (χ3v) is 17.4. The standard InChI is InChI=1S/C42H55N3O4S.C32H35N3O4S/c1-8-9-10-11-12-13-14-15-26-48-34-22-20-31(21-23-34)33-28-43-38(44-29-33)32-18-16-30(17-19-32)27-35(40(47)49-42(5,6)7)45-39(46)36-24-25-37(50-36)41(2,3)4;1-31(2,3)27-16-15-26(40-27)29(37)35-25(30(38)39-32(4,5)6)17-20-7-9-22(10-8-20)28-33-18-23(19-34-28)21-11-13-24(36)14-12-21/h16-25,28-29,35H,8-15,26-27H2,1-7H3,(H,45,46);7-16,18-19,25,36H,17H2,1-6H3,(H,35,37)/t35-;25-/m00/s1. The molecule has 0 saturated heterocycles. The summed E-state index contributed by atoms with van der Waals surface area (Å²) in [6.07, 6.45) is 18.0. The molecule has 476 valence electrons. The van der Waals surface area contributed by atoms with E-state index in [1.54, 1.807) is 51.4 Å². The highest BCUT2D eigenvalue weighted by atomic mass is 32.1. The molecule has 0 aliphatic heterocycles. The molecular weight excluding hydrogens is 1160 g/mol. The van der Waals surface area contributed by atoms with Crippen molar-refractivity contribution >= 4 is 46.4 Å². The zero-order valence-corrected chi connectivity index (χ0v) is 56.3. The lowest BCUT2D eigenvalue weighted by Gasteiger charge is -2.24. The molecule has 90 heavy (non-hydrogen) atoms. The van der Waals surface area contributed by atoms with Crippen LogP contribution in [-0.4, -0.2) is 78.7 Å². The van der Waals surface area contributed by atoms with Crippen LogP contribution in [0.5, 0.6) is 11.5 Å². The van der Waals surface area contributed by atoms with Crippen molar-refractivity contribution in [3.8, 4) is 56.5 Å². The third kappa shape index (κ3) is 21.9. The van der Waals surface area contributed by atoms with Crippen LogP contribution in [-0.2, 0) is 42.7 Å². The van der Waals surface area contributed by atoms with Crippen molar-refractivity contribution in [2.75, 3.05) is 6.61 Å². The molecule has 0 aliphatic rings. The highest BCUT2D eigenvalue weighted by molar-refractivity contribution is 7.14. The van der Waals surface area contributed by atoms with Gasteiger partial charge in [0.25, 0.3) is 11.8 Å². The molecule has 2 amide bonds. The van der Waals surface area contributed by atoms with Crippen molar-refractivity contribution in [2.45, 2.75) is 188 Å². The Labute approximate surface area is 540 Å². The van der Waals surface area contributed by atoms with Crippen LogP contribution in [0.25, 0.3) is 45.0 Å². The molecule has 0 spiro atoms. The average molecular weight is 1260 g/mol. The highest BCUT2D eigenvalue weighted by Crippen LogP contribution is 2.32. The van der Waals surface area contributed by atoms with E-state index in [4.69, 9.17) is 14.2 Å². The molecular formula is C74H90N6O8S2. The van der Waals surface area contributed by atoms with Crippen molar-refractivity contribution in [1.29, 1.82) is 0 Å². The van der Waals surface area contributed by atoms with Gasteiger partial charge in [0.1, 0.15) is 34.8 Å². The Morgan fingerprint density at radius 3 is 1.16 bits per heavy atom. The summed E-state index contributed by atoms with van der Waals surface area (Å²) in [4.78, 5) is 74.2. The van der Waals surface area contributed by atoms with E-state index in [2.05, 4.69) is 79.0 Å². The van der Waals surface area contributed by atoms with E-state index in [0.29, 0.717) is 21.4 Å². The van der Waals surface area contributed by atoms with E-state index in [1.807, 2.05) is 136 Å². The molecule has 0 saturated carbocycles. The molecule has 8 rings (SSSR count). The van der Waals surface area contributed by atoms with Crippen LogP contribution in [0.4, 0.5) is 0 Å². The van der Waals surface area contributed by atoms with E-state index >= 15 is 0 Å². The predicted octanol–water partition coefficient (Wildman–Crippen LogP) is 16.9. The van der Waals surface area contributed by atoms with Gasteiger partial charge in [-0.25, -0.2) is 29.5 Å². The number of ether oxygens (including phenoxy) is 3. The molecule has 0 radical (unpaired) electrons. The first-order chi connectivity index (χ1) is 42.6. The second-order valence-electron chi connectivity index (χ2n) is 26.7. The van der Waals surface area contributed by atoms with Crippen LogP contribution in [0.2, 0.25) is 0 Å². The Bertz CT molecular complexity index is 3570. The Morgan fingerprint density at radius 2 is 0.800 bits per heavy atom. The topological polar surface area (TPSA) is 192 Å². The Kier molecular flexibility index (Phi) is 24.4. The molecule has 2 atom stereocenters.